The maximum absolute atomic E-state index is 12.1. The molecule has 0 aliphatic carbocycles. The summed E-state index contributed by atoms with van der Waals surface area (Å²) in [6.07, 6.45) is 3.61. The van der Waals surface area contributed by atoms with Crippen molar-refractivity contribution in [1.82, 2.24) is 9.62 Å². The summed E-state index contributed by atoms with van der Waals surface area (Å²) in [6, 6.07) is 0.492. The second kappa shape index (κ2) is 9.18. The predicted octanol–water partition coefficient (Wildman–Crippen LogP) is 1.78. The first-order valence-electron chi connectivity index (χ1n) is 6.49. The molecule has 18 heavy (non-hydrogen) atoms. The van der Waals surface area contributed by atoms with E-state index in [1.807, 2.05) is 13.2 Å². The highest BCUT2D eigenvalue weighted by Crippen LogP contribution is 2.11. The molecule has 0 rings (SSSR count). The Hall–Kier alpha value is 0.220. The van der Waals surface area contributed by atoms with Crippen LogP contribution in [-0.2, 0) is 10.0 Å². The van der Waals surface area contributed by atoms with Crippen LogP contribution in [0.5, 0.6) is 0 Å². The summed E-state index contributed by atoms with van der Waals surface area (Å²) in [5.74, 6) is 1.22. The molecular formula is C12H28N2O2S2. The van der Waals surface area contributed by atoms with Crippen LogP contribution in [0.25, 0.3) is 0 Å². The number of thioether (sulfide) groups is 1. The van der Waals surface area contributed by atoms with Crippen molar-refractivity contribution in [3.05, 3.63) is 0 Å². The van der Waals surface area contributed by atoms with Gasteiger partial charge in [0, 0.05) is 19.1 Å². The highest BCUT2D eigenvalue weighted by atomic mass is 32.2. The summed E-state index contributed by atoms with van der Waals surface area (Å²) < 4.78 is 25.7. The van der Waals surface area contributed by atoms with E-state index in [1.54, 1.807) is 18.8 Å². The standard InChI is InChI=1S/C12H28N2O2S2/c1-11(2)13-8-6-10-18(15,16)14(4)12(3)7-9-17-5/h11-13H,6-10H2,1-5H3. The van der Waals surface area contributed by atoms with Gasteiger partial charge < -0.3 is 5.32 Å². The van der Waals surface area contributed by atoms with Crippen LogP contribution >= 0.6 is 11.8 Å². The van der Waals surface area contributed by atoms with E-state index in [4.69, 9.17) is 0 Å². The second-order valence-corrected chi connectivity index (χ2v) is 8.06. The molecule has 0 aliphatic heterocycles. The van der Waals surface area contributed by atoms with Crippen molar-refractivity contribution in [3.63, 3.8) is 0 Å². The molecule has 6 heteroatoms. The number of hydrogen-bond donors (Lipinski definition) is 1. The van der Waals surface area contributed by atoms with Crippen molar-refractivity contribution < 1.29 is 8.42 Å². The zero-order valence-electron chi connectivity index (χ0n) is 12.3. The van der Waals surface area contributed by atoms with Crippen LogP contribution in [0.15, 0.2) is 0 Å². The Balaban J connectivity index is 4.10. The first-order chi connectivity index (χ1) is 8.31. The highest BCUT2D eigenvalue weighted by molar-refractivity contribution is 7.98. The van der Waals surface area contributed by atoms with Crippen LogP contribution in [0.3, 0.4) is 0 Å². The molecule has 0 saturated carbocycles. The topological polar surface area (TPSA) is 49.4 Å². The molecule has 0 radical (unpaired) electrons. The smallest absolute Gasteiger partial charge is 0.214 e. The second-order valence-electron chi connectivity index (χ2n) is 4.93. The van der Waals surface area contributed by atoms with Gasteiger partial charge in [0.1, 0.15) is 0 Å². The lowest BCUT2D eigenvalue weighted by Gasteiger charge is -2.24. The lowest BCUT2D eigenvalue weighted by Crippen LogP contribution is -2.37. The molecule has 0 heterocycles. The molecule has 0 aliphatic rings. The van der Waals surface area contributed by atoms with Crippen molar-refractivity contribution in [1.29, 1.82) is 0 Å². The van der Waals surface area contributed by atoms with E-state index in [1.165, 1.54) is 4.31 Å². The third-order valence-electron chi connectivity index (χ3n) is 2.93. The fourth-order valence-corrected chi connectivity index (χ4v) is 3.56. The minimum Gasteiger partial charge on any atom is -0.314 e. The maximum atomic E-state index is 12.1. The minimum atomic E-state index is -3.10. The molecule has 0 saturated heterocycles. The van der Waals surface area contributed by atoms with Gasteiger partial charge >= 0.3 is 0 Å². The Bertz CT molecular complexity index is 305. The van der Waals surface area contributed by atoms with Gasteiger partial charge in [-0.1, -0.05) is 13.8 Å². The number of hydrogen-bond acceptors (Lipinski definition) is 4. The molecule has 110 valence electrons. The van der Waals surface area contributed by atoms with E-state index in [2.05, 4.69) is 19.2 Å². The quantitative estimate of drug-likeness (QED) is 0.624. The van der Waals surface area contributed by atoms with E-state index in [-0.39, 0.29) is 11.8 Å². The monoisotopic (exact) mass is 296 g/mol. The fourth-order valence-electron chi connectivity index (χ4n) is 1.53. The summed E-state index contributed by atoms with van der Waals surface area (Å²) in [5, 5.41) is 3.23. The van der Waals surface area contributed by atoms with Crippen molar-refractivity contribution in [2.75, 3.05) is 31.4 Å². The largest absolute Gasteiger partial charge is 0.314 e. The maximum Gasteiger partial charge on any atom is 0.214 e. The summed E-state index contributed by atoms with van der Waals surface area (Å²) in [4.78, 5) is 0. The van der Waals surface area contributed by atoms with Crippen molar-refractivity contribution in [2.24, 2.45) is 0 Å². The summed E-state index contributed by atoms with van der Waals surface area (Å²) in [6.45, 7) is 6.85. The molecule has 1 atom stereocenters. The molecule has 0 bridgehead atoms. The van der Waals surface area contributed by atoms with Gasteiger partial charge in [0.05, 0.1) is 5.75 Å². The van der Waals surface area contributed by atoms with Gasteiger partial charge in [-0.15, -0.1) is 0 Å². The van der Waals surface area contributed by atoms with Gasteiger partial charge in [-0.2, -0.15) is 11.8 Å². The van der Waals surface area contributed by atoms with Crippen molar-refractivity contribution in [3.8, 4) is 0 Å². The molecule has 0 spiro atoms. The van der Waals surface area contributed by atoms with Crippen LogP contribution in [0, 0.1) is 0 Å². The van der Waals surface area contributed by atoms with Gasteiger partial charge in [0.2, 0.25) is 10.0 Å². The molecule has 0 amide bonds. The molecule has 0 aromatic carbocycles. The van der Waals surface area contributed by atoms with E-state index in [9.17, 15) is 8.42 Å². The van der Waals surface area contributed by atoms with Gasteiger partial charge in [-0.05, 0) is 38.3 Å². The lowest BCUT2D eigenvalue weighted by molar-refractivity contribution is 0.381. The van der Waals surface area contributed by atoms with Gasteiger partial charge in [0.25, 0.3) is 0 Å². The number of sulfonamides is 1. The van der Waals surface area contributed by atoms with E-state index in [0.29, 0.717) is 12.5 Å². The molecule has 0 aromatic rings. The SMILES string of the molecule is CSCCC(C)N(C)S(=O)(=O)CCCNC(C)C. The number of rotatable bonds is 10. The van der Waals surface area contributed by atoms with Gasteiger partial charge in [-0.3, -0.25) is 0 Å². The third kappa shape index (κ3) is 7.61. The van der Waals surface area contributed by atoms with E-state index < -0.39 is 10.0 Å². The average molecular weight is 297 g/mol. The summed E-state index contributed by atoms with van der Waals surface area (Å²) in [5.41, 5.74) is 0. The normalized spacial score (nSPS) is 14.4. The van der Waals surface area contributed by atoms with E-state index in [0.717, 1.165) is 18.7 Å². The van der Waals surface area contributed by atoms with Crippen LogP contribution in [0.1, 0.15) is 33.6 Å². The Morgan fingerprint density at radius 1 is 1.28 bits per heavy atom. The highest BCUT2D eigenvalue weighted by Gasteiger charge is 2.22. The van der Waals surface area contributed by atoms with Crippen molar-refractivity contribution in [2.45, 2.75) is 45.7 Å². The zero-order chi connectivity index (χ0) is 14.2. The Kier molecular flexibility index (Phi) is 9.29. The van der Waals surface area contributed by atoms with Crippen LogP contribution in [0.4, 0.5) is 0 Å². The zero-order valence-corrected chi connectivity index (χ0v) is 13.9. The first kappa shape index (κ1) is 18.2. The molecule has 4 nitrogen and oxygen atoms in total. The van der Waals surface area contributed by atoms with Gasteiger partial charge in [0.15, 0.2) is 0 Å². The molecular weight excluding hydrogens is 268 g/mol. The number of nitrogens with one attached hydrogen (secondary N) is 1. The Morgan fingerprint density at radius 2 is 1.89 bits per heavy atom. The molecule has 0 fully saturated rings. The summed E-state index contributed by atoms with van der Waals surface area (Å²) >= 11 is 1.75. The van der Waals surface area contributed by atoms with Gasteiger partial charge in [-0.25, -0.2) is 12.7 Å². The summed E-state index contributed by atoms with van der Waals surface area (Å²) in [7, 11) is -1.41. The first-order valence-corrected chi connectivity index (χ1v) is 9.49. The Morgan fingerprint density at radius 3 is 2.39 bits per heavy atom. The third-order valence-corrected chi connectivity index (χ3v) is 5.62. The van der Waals surface area contributed by atoms with Crippen LogP contribution in [-0.4, -0.2) is 56.2 Å². The van der Waals surface area contributed by atoms with Crippen molar-refractivity contribution >= 4 is 21.8 Å². The predicted molar refractivity (Wildman–Crippen MR) is 81.8 cm³/mol. The number of nitrogens with zero attached hydrogens (tertiary/aromatic N) is 1. The minimum absolute atomic E-state index is 0.0838. The molecule has 1 N–H and O–H groups in total. The average Bonchev–Trinajstić information content (AvgIpc) is 2.30. The fraction of sp³-hybridized carbons (Fsp3) is 1.00. The lowest BCUT2D eigenvalue weighted by atomic mass is 10.3. The molecule has 1 unspecified atom stereocenters. The van der Waals surface area contributed by atoms with Crippen LogP contribution in [0.2, 0.25) is 0 Å². The Labute approximate surface area is 117 Å². The van der Waals surface area contributed by atoms with Crippen LogP contribution < -0.4 is 5.32 Å². The van der Waals surface area contributed by atoms with E-state index >= 15 is 0 Å². The molecule has 0 aromatic heterocycles.